The van der Waals surface area contributed by atoms with Crippen LogP contribution in [0.3, 0.4) is 0 Å². The summed E-state index contributed by atoms with van der Waals surface area (Å²) in [5.41, 5.74) is 1.89. The Hall–Kier alpha value is -3.68. The van der Waals surface area contributed by atoms with Gasteiger partial charge in [0, 0.05) is 43.3 Å². The molecule has 0 aliphatic carbocycles. The fourth-order valence-electron chi connectivity index (χ4n) is 5.01. The molecule has 1 aromatic heterocycles. The van der Waals surface area contributed by atoms with Crippen LogP contribution in [0.25, 0.3) is 10.9 Å². The van der Waals surface area contributed by atoms with E-state index in [4.69, 9.17) is 4.98 Å². The van der Waals surface area contributed by atoms with E-state index in [0.29, 0.717) is 48.9 Å². The molecule has 5 rings (SSSR count). The Morgan fingerprint density at radius 2 is 1.69 bits per heavy atom. The highest BCUT2D eigenvalue weighted by molar-refractivity contribution is 5.97. The van der Waals surface area contributed by atoms with Crippen LogP contribution in [0, 0.1) is 0 Å². The van der Waals surface area contributed by atoms with Gasteiger partial charge in [0.1, 0.15) is 5.82 Å². The third kappa shape index (κ3) is 5.21. The van der Waals surface area contributed by atoms with E-state index in [2.05, 4.69) is 10.6 Å². The molecule has 2 aromatic carbocycles. The van der Waals surface area contributed by atoms with Crippen LogP contribution in [0.1, 0.15) is 54.7 Å². The molecule has 3 amide bonds. The van der Waals surface area contributed by atoms with Gasteiger partial charge in [-0.3, -0.25) is 14.2 Å². The molecule has 2 N–H and O–H groups in total. The van der Waals surface area contributed by atoms with Crippen molar-refractivity contribution >= 4 is 28.5 Å². The number of nitrogens with zero attached hydrogens (tertiary/aromatic N) is 3. The highest BCUT2D eigenvalue weighted by Gasteiger charge is 2.25. The number of likely N-dealkylation sites (tertiary alicyclic amines) is 1. The van der Waals surface area contributed by atoms with Gasteiger partial charge in [-0.25, -0.2) is 9.78 Å². The molecule has 1 fully saturated rings. The maximum atomic E-state index is 13.2. The number of fused-ring (bicyclic) bond motifs is 2. The van der Waals surface area contributed by atoms with Gasteiger partial charge in [-0.05, 0) is 56.0 Å². The number of hydrogen-bond donors (Lipinski definition) is 2. The molecule has 0 bridgehead atoms. The number of carbonyl (C=O) groups is 2. The van der Waals surface area contributed by atoms with E-state index in [0.717, 1.165) is 43.6 Å². The molecule has 0 spiro atoms. The molecule has 2 aliphatic rings. The van der Waals surface area contributed by atoms with Gasteiger partial charge < -0.3 is 15.5 Å². The van der Waals surface area contributed by atoms with Crippen molar-refractivity contribution < 1.29 is 9.59 Å². The van der Waals surface area contributed by atoms with E-state index in [1.807, 2.05) is 39.8 Å². The summed E-state index contributed by atoms with van der Waals surface area (Å²) >= 11 is 0. The molecule has 2 aliphatic heterocycles. The smallest absolute Gasteiger partial charge is 0.319 e. The summed E-state index contributed by atoms with van der Waals surface area (Å²) in [6.45, 7) is 1.84. The van der Waals surface area contributed by atoms with Gasteiger partial charge in [0.25, 0.3) is 11.5 Å². The van der Waals surface area contributed by atoms with Gasteiger partial charge in [0.2, 0.25) is 0 Å². The summed E-state index contributed by atoms with van der Waals surface area (Å²) in [6.07, 6.45) is 6.50. The number of benzene rings is 2. The number of urea groups is 1. The topological polar surface area (TPSA) is 96.3 Å². The maximum absolute atomic E-state index is 13.2. The van der Waals surface area contributed by atoms with Crippen LogP contribution in [0.5, 0.6) is 0 Å². The molecule has 8 heteroatoms. The van der Waals surface area contributed by atoms with Gasteiger partial charge in [0.15, 0.2) is 0 Å². The number of piperidine rings is 1. The van der Waals surface area contributed by atoms with Crippen LogP contribution in [0.4, 0.5) is 10.5 Å². The third-order valence-corrected chi connectivity index (χ3v) is 6.96. The predicted molar refractivity (Wildman–Crippen MR) is 136 cm³/mol. The van der Waals surface area contributed by atoms with Crippen molar-refractivity contribution in [2.75, 3.05) is 18.4 Å². The van der Waals surface area contributed by atoms with Crippen LogP contribution in [-0.4, -0.2) is 45.5 Å². The number of nitrogens with one attached hydrogen (secondary N) is 2. The summed E-state index contributed by atoms with van der Waals surface area (Å²) < 4.78 is 1.81. The maximum Gasteiger partial charge on any atom is 0.319 e. The summed E-state index contributed by atoms with van der Waals surface area (Å²) in [5.74, 6) is 0.764. The van der Waals surface area contributed by atoms with Crippen molar-refractivity contribution in [3.8, 4) is 0 Å². The van der Waals surface area contributed by atoms with Crippen molar-refractivity contribution in [1.82, 2.24) is 19.8 Å². The largest absolute Gasteiger partial charge is 0.338 e. The van der Waals surface area contributed by atoms with Gasteiger partial charge in [-0.15, -0.1) is 0 Å². The fraction of sp³-hybridized carbons (Fsp3) is 0.407. The van der Waals surface area contributed by atoms with Gasteiger partial charge >= 0.3 is 6.03 Å². The highest BCUT2D eigenvalue weighted by atomic mass is 16.2. The minimum atomic E-state index is -0.234. The summed E-state index contributed by atoms with van der Waals surface area (Å²) in [7, 11) is 0. The van der Waals surface area contributed by atoms with E-state index >= 15 is 0 Å². The lowest BCUT2D eigenvalue weighted by Gasteiger charge is -2.32. The second kappa shape index (κ2) is 10.3. The quantitative estimate of drug-likeness (QED) is 0.602. The monoisotopic (exact) mass is 473 g/mol. The summed E-state index contributed by atoms with van der Waals surface area (Å²) in [6, 6.07) is 14.3. The average Bonchev–Trinajstić information content (AvgIpc) is 2.85. The molecular weight excluding hydrogens is 442 g/mol. The first-order valence-corrected chi connectivity index (χ1v) is 12.5. The summed E-state index contributed by atoms with van der Waals surface area (Å²) in [4.78, 5) is 45.1. The van der Waals surface area contributed by atoms with Crippen molar-refractivity contribution in [3.63, 3.8) is 0 Å². The van der Waals surface area contributed by atoms with Gasteiger partial charge in [0.05, 0.1) is 10.9 Å². The Morgan fingerprint density at radius 3 is 2.49 bits per heavy atom. The molecule has 8 nitrogen and oxygen atoms in total. The minimum absolute atomic E-state index is 0.00781. The molecule has 35 heavy (non-hydrogen) atoms. The molecule has 0 radical (unpaired) electrons. The average molecular weight is 474 g/mol. The number of rotatable bonds is 3. The molecule has 0 saturated carbocycles. The Labute approximate surface area is 204 Å². The van der Waals surface area contributed by atoms with E-state index in [1.54, 1.807) is 18.2 Å². The van der Waals surface area contributed by atoms with Crippen LogP contribution in [0.2, 0.25) is 0 Å². The third-order valence-electron chi connectivity index (χ3n) is 6.96. The second-order valence-electron chi connectivity index (χ2n) is 9.41. The highest BCUT2D eigenvalue weighted by Crippen LogP contribution is 2.19. The van der Waals surface area contributed by atoms with Gasteiger partial charge in [-0.2, -0.15) is 0 Å². The lowest BCUT2D eigenvalue weighted by Crippen LogP contribution is -2.47. The number of hydrogen-bond acceptors (Lipinski definition) is 4. The molecule has 0 atom stereocenters. The Bertz CT molecular complexity index is 1280. The Balaban J connectivity index is 1.24. The SMILES string of the molecule is O=C(Nc1ccccc1)NC1CCN(C(=O)c2ccc3c(=O)n4c(nc3c2)CCCCCC4)CC1. The zero-order chi connectivity index (χ0) is 24.2. The molecule has 3 aromatic rings. The Kier molecular flexibility index (Phi) is 6.79. The molecule has 182 valence electrons. The van der Waals surface area contributed by atoms with E-state index in [9.17, 15) is 14.4 Å². The number of aryl methyl sites for hydroxylation is 1. The van der Waals surface area contributed by atoms with Crippen LogP contribution in [-0.2, 0) is 13.0 Å². The zero-order valence-electron chi connectivity index (χ0n) is 19.8. The van der Waals surface area contributed by atoms with Crippen LogP contribution in [0.15, 0.2) is 53.3 Å². The first kappa shape index (κ1) is 23.1. The van der Waals surface area contributed by atoms with E-state index in [-0.39, 0.29) is 23.5 Å². The van der Waals surface area contributed by atoms with Crippen molar-refractivity contribution in [3.05, 3.63) is 70.3 Å². The number of para-hydroxylation sites is 1. The van der Waals surface area contributed by atoms with Crippen molar-refractivity contribution in [1.29, 1.82) is 0 Å². The molecular formula is C27H31N5O3. The number of amides is 3. The molecule has 3 heterocycles. The zero-order valence-corrected chi connectivity index (χ0v) is 19.8. The number of anilines is 1. The fourth-order valence-corrected chi connectivity index (χ4v) is 5.01. The van der Waals surface area contributed by atoms with E-state index < -0.39 is 0 Å². The standard InChI is InChI=1S/C27H31N5O3/c33-25(31-16-13-21(14-17-31)29-27(35)28-20-8-4-3-5-9-20)19-11-12-22-23(18-19)30-24-10-6-1-2-7-15-32(24)26(22)34/h3-5,8-9,11-12,18,21H,1-2,6-7,10,13-17H2,(H2,28,29,35). The van der Waals surface area contributed by atoms with E-state index in [1.165, 1.54) is 0 Å². The molecule has 1 saturated heterocycles. The van der Waals surface area contributed by atoms with Crippen LogP contribution < -0.4 is 16.2 Å². The first-order chi connectivity index (χ1) is 17.1. The first-order valence-electron chi connectivity index (χ1n) is 12.5. The lowest BCUT2D eigenvalue weighted by molar-refractivity contribution is 0.0709. The predicted octanol–water partition coefficient (Wildman–Crippen LogP) is 3.94. The van der Waals surface area contributed by atoms with Crippen molar-refractivity contribution in [2.45, 2.75) is 57.5 Å². The number of carbonyl (C=O) groups excluding carboxylic acids is 2. The van der Waals surface area contributed by atoms with Crippen molar-refractivity contribution in [2.24, 2.45) is 0 Å². The number of aromatic nitrogens is 2. The Morgan fingerprint density at radius 1 is 0.914 bits per heavy atom. The lowest BCUT2D eigenvalue weighted by atomic mass is 10.0. The summed E-state index contributed by atoms with van der Waals surface area (Å²) in [5, 5.41) is 6.40. The second-order valence-corrected chi connectivity index (χ2v) is 9.41. The normalized spacial score (nSPS) is 16.7. The van der Waals surface area contributed by atoms with Gasteiger partial charge in [-0.1, -0.05) is 31.0 Å². The molecule has 0 unspecified atom stereocenters. The van der Waals surface area contributed by atoms with Crippen LogP contribution >= 0.6 is 0 Å². The minimum Gasteiger partial charge on any atom is -0.338 e.